The molecule has 0 aromatic heterocycles. The van der Waals surface area contributed by atoms with Gasteiger partial charge in [-0.15, -0.1) is 0 Å². The summed E-state index contributed by atoms with van der Waals surface area (Å²) in [6, 6.07) is 4.77. The summed E-state index contributed by atoms with van der Waals surface area (Å²) in [5.41, 5.74) is 3.61. The molecule has 0 aliphatic carbocycles. The molecule has 0 bridgehead atoms. The van der Waals surface area contributed by atoms with Crippen LogP contribution in [-0.2, 0) is 9.59 Å². The van der Waals surface area contributed by atoms with Gasteiger partial charge < -0.3 is 5.32 Å². The Morgan fingerprint density at radius 2 is 1.74 bits per heavy atom. The quantitative estimate of drug-likeness (QED) is 0.610. The van der Waals surface area contributed by atoms with Gasteiger partial charge in [0.25, 0.3) is 0 Å². The number of hydrazone groups is 1. The number of amides is 2. The molecule has 0 radical (unpaired) electrons. The van der Waals surface area contributed by atoms with E-state index in [1.54, 1.807) is 12.1 Å². The van der Waals surface area contributed by atoms with Gasteiger partial charge >= 0.3 is 0 Å². The molecular weight excluding hydrogens is 337 g/mol. The minimum Gasteiger partial charge on any atom is -0.325 e. The topological polar surface area (TPSA) is 70.6 Å². The first-order chi connectivity index (χ1) is 10.6. The Balaban J connectivity index is 2.45. The third-order valence-corrected chi connectivity index (χ3v) is 3.77. The largest absolute Gasteiger partial charge is 0.325 e. The SMILES string of the molecule is CC(=NNC(=O)CCC(=O)Nc1ccc(Cl)cc1Cl)C(C)(C)C. The third kappa shape index (κ3) is 7.01. The third-order valence-electron chi connectivity index (χ3n) is 3.22. The maximum absolute atomic E-state index is 11.8. The smallest absolute Gasteiger partial charge is 0.240 e. The van der Waals surface area contributed by atoms with Crippen molar-refractivity contribution in [3.8, 4) is 0 Å². The second-order valence-corrected chi connectivity index (χ2v) is 7.00. The molecule has 2 N–H and O–H groups in total. The Bertz CT molecular complexity index is 622. The minimum atomic E-state index is -0.314. The fraction of sp³-hybridized carbons (Fsp3) is 0.438. The van der Waals surface area contributed by atoms with E-state index in [4.69, 9.17) is 23.2 Å². The van der Waals surface area contributed by atoms with Crippen molar-refractivity contribution >= 4 is 46.4 Å². The number of nitrogens with zero attached hydrogens (tertiary/aromatic N) is 1. The van der Waals surface area contributed by atoms with E-state index in [0.717, 1.165) is 5.71 Å². The number of rotatable bonds is 5. The zero-order chi connectivity index (χ0) is 17.6. The zero-order valence-electron chi connectivity index (χ0n) is 13.7. The van der Waals surface area contributed by atoms with Crippen LogP contribution >= 0.6 is 23.2 Å². The highest BCUT2D eigenvalue weighted by Gasteiger charge is 2.15. The van der Waals surface area contributed by atoms with E-state index in [1.165, 1.54) is 6.07 Å². The number of benzene rings is 1. The second kappa shape index (κ2) is 8.31. The van der Waals surface area contributed by atoms with E-state index in [1.807, 2.05) is 27.7 Å². The van der Waals surface area contributed by atoms with Gasteiger partial charge in [-0.1, -0.05) is 44.0 Å². The number of nitrogens with one attached hydrogen (secondary N) is 2. The number of carbonyl (C=O) groups excluding carboxylic acids is 2. The van der Waals surface area contributed by atoms with Crippen molar-refractivity contribution in [3.05, 3.63) is 28.2 Å². The van der Waals surface area contributed by atoms with Crippen molar-refractivity contribution in [1.82, 2.24) is 5.43 Å². The number of halogens is 2. The monoisotopic (exact) mass is 357 g/mol. The predicted molar refractivity (Wildman–Crippen MR) is 95.0 cm³/mol. The molecule has 5 nitrogen and oxygen atoms in total. The van der Waals surface area contributed by atoms with Crippen LogP contribution in [0, 0.1) is 5.41 Å². The molecular formula is C16H21Cl2N3O2. The van der Waals surface area contributed by atoms with Crippen molar-refractivity contribution < 1.29 is 9.59 Å². The van der Waals surface area contributed by atoms with Crippen molar-refractivity contribution in [2.75, 3.05) is 5.32 Å². The Morgan fingerprint density at radius 3 is 2.30 bits per heavy atom. The zero-order valence-corrected chi connectivity index (χ0v) is 15.2. The van der Waals surface area contributed by atoms with Crippen LogP contribution < -0.4 is 10.7 Å². The summed E-state index contributed by atoms with van der Waals surface area (Å²) in [5, 5.41) is 7.50. The molecule has 2 amide bonds. The molecule has 0 aliphatic heterocycles. The van der Waals surface area contributed by atoms with Crippen LogP contribution in [-0.4, -0.2) is 17.5 Å². The summed E-state index contributed by atoms with van der Waals surface area (Å²) in [7, 11) is 0. The second-order valence-electron chi connectivity index (χ2n) is 6.15. The first-order valence-electron chi connectivity index (χ1n) is 7.18. The maximum atomic E-state index is 11.8. The van der Waals surface area contributed by atoms with Gasteiger partial charge in [-0.05, 0) is 25.1 Å². The number of hydrogen-bond acceptors (Lipinski definition) is 3. The van der Waals surface area contributed by atoms with Gasteiger partial charge in [0.1, 0.15) is 0 Å². The molecule has 126 valence electrons. The van der Waals surface area contributed by atoms with Crippen LogP contribution in [0.15, 0.2) is 23.3 Å². The van der Waals surface area contributed by atoms with E-state index < -0.39 is 0 Å². The van der Waals surface area contributed by atoms with E-state index in [-0.39, 0.29) is 30.1 Å². The molecule has 7 heteroatoms. The Morgan fingerprint density at radius 1 is 1.13 bits per heavy atom. The Labute approximate surface area is 146 Å². The fourth-order valence-electron chi connectivity index (χ4n) is 1.40. The summed E-state index contributed by atoms with van der Waals surface area (Å²) >= 11 is 11.8. The van der Waals surface area contributed by atoms with Gasteiger partial charge in [0, 0.05) is 29.0 Å². The van der Waals surface area contributed by atoms with Crippen molar-refractivity contribution in [1.29, 1.82) is 0 Å². The Kier molecular flexibility index (Phi) is 7.03. The van der Waals surface area contributed by atoms with Crippen molar-refractivity contribution in [2.45, 2.75) is 40.5 Å². The van der Waals surface area contributed by atoms with Gasteiger partial charge in [0.15, 0.2) is 0 Å². The molecule has 0 aliphatic rings. The molecule has 0 saturated carbocycles. The van der Waals surface area contributed by atoms with Crippen LogP contribution in [0.4, 0.5) is 5.69 Å². The first-order valence-corrected chi connectivity index (χ1v) is 7.93. The van der Waals surface area contributed by atoms with Gasteiger partial charge in [-0.3, -0.25) is 9.59 Å². The van der Waals surface area contributed by atoms with Crippen molar-refractivity contribution in [3.63, 3.8) is 0 Å². The lowest BCUT2D eigenvalue weighted by atomic mass is 9.91. The molecule has 1 rings (SSSR count). The normalized spacial score (nSPS) is 12.0. The van der Waals surface area contributed by atoms with Gasteiger partial charge in [-0.2, -0.15) is 5.10 Å². The predicted octanol–water partition coefficient (Wildman–Crippen LogP) is 4.25. The lowest BCUT2D eigenvalue weighted by molar-refractivity contribution is -0.124. The van der Waals surface area contributed by atoms with Crippen LogP contribution in [0.2, 0.25) is 10.0 Å². The van der Waals surface area contributed by atoms with Crippen LogP contribution in [0.5, 0.6) is 0 Å². The highest BCUT2D eigenvalue weighted by atomic mass is 35.5. The maximum Gasteiger partial charge on any atom is 0.240 e. The molecule has 0 spiro atoms. The summed E-state index contributed by atoms with van der Waals surface area (Å²) < 4.78 is 0. The van der Waals surface area contributed by atoms with Gasteiger partial charge in [0.05, 0.1) is 10.7 Å². The standard InChI is InChI=1S/C16H21Cl2N3O2/c1-10(16(2,3)4)20-21-15(23)8-7-14(22)19-13-6-5-11(17)9-12(13)18/h5-6,9H,7-8H2,1-4H3,(H,19,22)(H,21,23). The van der Waals surface area contributed by atoms with E-state index in [9.17, 15) is 9.59 Å². The average molecular weight is 358 g/mol. The first kappa shape index (κ1) is 19.5. The Hall–Kier alpha value is -1.59. The van der Waals surface area contributed by atoms with E-state index in [0.29, 0.717) is 15.7 Å². The van der Waals surface area contributed by atoms with Gasteiger partial charge in [-0.25, -0.2) is 5.43 Å². The number of hydrogen-bond donors (Lipinski definition) is 2. The highest BCUT2D eigenvalue weighted by Crippen LogP contribution is 2.25. The van der Waals surface area contributed by atoms with E-state index >= 15 is 0 Å². The molecule has 0 saturated heterocycles. The molecule has 0 unspecified atom stereocenters. The summed E-state index contributed by atoms with van der Waals surface area (Å²) in [5.74, 6) is -0.619. The molecule has 0 atom stereocenters. The molecule has 0 heterocycles. The highest BCUT2D eigenvalue weighted by molar-refractivity contribution is 6.36. The molecule has 23 heavy (non-hydrogen) atoms. The van der Waals surface area contributed by atoms with Gasteiger partial charge in [0.2, 0.25) is 11.8 Å². The van der Waals surface area contributed by atoms with Crippen molar-refractivity contribution in [2.24, 2.45) is 10.5 Å². The number of carbonyl (C=O) groups is 2. The van der Waals surface area contributed by atoms with Crippen LogP contribution in [0.1, 0.15) is 40.5 Å². The fourth-order valence-corrected chi connectivity index (χ4v) is 1.86. The molecule has 1 aromatic carbocycles. The molecule has 1 aromatic rings. The summed E-state index contributed by atoms with van der Waals surface area (Å²) in [4.78, 5) is 23.5. The number of anilines is 1. The summed E-state index contributed by atoms with van der Waals surface area (Å²) in [6.45, 7) is 7.85. The average Bonchev–Trinajstić information content (AvgIpc) is 2.44. The lowest BCUT2D eigenvalue weighted by Crippen LogP contribution is -2.25. The van der Waals surface area contributed by atoms with Crippen LogP contribution in [0.3, 0.4) is 0 Å². The van der Waals surface area contributed by atoms with E-state index in [2.05, 4.69) is 15.8 Å². The summed E-state index contributed by atoms with van der Waals surface area (Å²) in [6.07, 6.45) is 0.0762. The minimum absolute atomic E-state index is 0.0366. The molecule has 0 fully saturated rings. The van der Waals surface area contributed by atoms with Crippen LogP contribution in [0.25, 0.3) is 0 Å². The lowest BCUT2D eigenvalue weighted by Gasteiger charge is -2.17.